The Bertz CT molecular complexity index is 2400. The minimum atomic E-state index is -2.39. The predicted molar refractivity (Wildman–Crippen MR) is 186 cm³/mol. The van der Waals surface area contributed by atoms with Gasteiger partial charge in [0.15, 0.2) is 17.3 Å². The van der Waals surface area contributed by atoms with Gasteiger partial charge in [0.2, 0.25) is 11.6 Å². The van der Waals surface area contributed by atoms with E-state index in [0.717, 1.165) is 0 Å². The van der Waals surface area contributed by atoms with Crippen LogP contribution in [0.15, 0.2) is 170 Å². The monoisotopic (exact) mass is 739 g/mol. The Kier molecular flexibility index (Phi) is 8.10. The van der Waals surface area contributed by atoms with Gasteiger partial charge in [-0.15, -0.1) is 0 Å². The van der Waals surface area contributed by atoms with E-state index in [4.69, 9.17) is 41.7 Å². The third-order valence-electron chi connectivity index (χ3n) is 10.4. The van der Waals surface area contributed by atoms with Crippen molar-refractivity contribution in [1.82, 2.24) is 25.2 Å². The molecule has 6 aromatic heterocycles. The molecule has 0 aromatic carbocycles. The molecule has 0 aliphatic carbocycles. The molecule has 9 heterocycles. The van der Waals surface area contributed by atoms with Crippen LogP contribution < -0.4 is 0 Å². The second-order valence-corrected chi connectivity index (χ2v) is 12.9. The van der Waals surface area contributed by atoms with Gasteiger partial charge in [0.25, 0.3) is 5.91 Å². The van der Waals surface area contributed by atoms with Crippen molar-refractivity contribution in [2.24, 2.45) is 5.41 Å². The van der Waals surface area contributed by atoms with Crippen molar-refractivity contribution in [1.29, 1.82) is 0 Å². The summed E-state index contributed by atoms with van der Waals surface area (Å²) in [6.07, 6.45) is 19.6. The molecule has 0 bridgehead atoms. The zero-order valence-corrected chi connectivity index (χ0v) is 28.6. The molecule has 1 saturated heterocycles. The van der Waals surface area contributed by atoms with Crippen molar-refractivity contribution >= 4 is 17.5 Å². The van der Waals surface area contributed by atoms with Gasteiger partial charge in [-0.2, -0.15) is 0 Å². The van der Waals surface area contributed by atoms with Crippen LogP contribution in [-0.4, -0.2) is 66.4 Å². The summed E-state index contributed by atoms with van der Waals surface area (Å²) in [4.78, 5) is 59.3. The average Bonchev–Trinajstić information content (AvgIpc) is 4.09. The minimum absolute atomic E-state index is 0.105. The number of furan rings is 4. The molecule has 9 rings (SSSR count). The van der Waals surface area contributed by atoms with Gasteiger partial charge >= 0.3 is 0 Å². The number of allylic oxidation sites excluding steroid dienone is 4. The number of aromatic nitrogens is 4. The lowest BCUT2D eigenvalue weighted by Crippen LogP contribution is -2.70. The molecule has 3 aliphatic heterocycles. The van der Waals surface area contributed by atoms with E-state index in [1.165, 1.54) is 91.4 Å². The molecule has 1 fully saturated rings. The summed E-state index contributed by atoms with van der Waals surface area (Å²) >= 11 is 0. The van der Waals surface area contributed by atoms with Crippen molar-refractivity contribution in [2.45, 2.75) is 35.6 Å². The Balaban J connectivity index is 1.57. The summed E-state index contributed by atoms with van der Waals surface area (Å²) in [6.45, 7) is 0. The van der Waals surface area contributed by atoms with Crippen LogP contribution in [0.2, 0.25) is 0 Å². The molecule has 0 spiro atoms. The van der Waals surface area contributed by atoms with E-state index in [-0.39, 0.29) is 34.6 Å². The third kappa shape index (κ3) is 4.72. The lowest BCUT2D eigenvalue weighted by atomic mass is 9.47. The maximum Gasteiger partial charge on any atom is 0.290 e. The molecule has 6 unspecified atom stereocenters. The molecule has 15 heteroatoms. The van der Waals surface area contributed by atoms with Gasteiger partial charge in [0.05, 0.1) is 49.8 Å². The number of Topliss-reactive ketones (excluding diaryl/α,β-unsaturated/α-hetero) is 2. The van der Waals surface area contributed by atoms with Gasteiger partial charge < -0.3 is 32.0 Å². The van der Waals surface area contributed by atoms with Gasteiger partial charge in [-0.3, -0.25) is 14.4 Å². The van der Waals surface area contributed by atoms with Crippen LogP contribution in [0.5, 0.6) is 0 Å². The summed E-state index contributed by atoms with van der Waals surface area (Å²) in [5.41, 5.74) is -7.11. The molecule has 15 nitrogen and oxygen atoms in total. The van der Waals surface area contributed by atoms with Crippen molar-refractivity contribution in [3.63, 3.8) is 0 Å². The fourth-order valence-corrected chi connectivity index (χ4v) is 8.65. The number of ketones is 2. The van der Waals surface area contributed by atoms with E-state index in [2.05, 4.69) is 10.3 Å². The molecular weight excluding hydrogens is 710 g/mol. The molecule has 0 saturated carbocycles. The van der Waals surface area contributed by atoms with Crippen LogP contribution in [0.4, 0.5) is 0 Å². The number of carbonyl (C=O) groups is 3. The zero-order valence-electron chi connectivity index (χ0n) is 28.6. The smallest absolute Gasteiger partial charge is 0.290 e. The summed E-state index contributed by atoms with van der Waals surface area (Å²) in [5.74, 6) is -2.70. The third-order valence-corrected chi connectivity index (χ3v) is 10.4. The maximum absolute atomic E-state index is 16.3. The van der Waals surface area contributed by atoms with Crippen LogP contribution in [-0.2, 0) is 21.3 Å². The molecule has 6 atom stereocenters. The maximum atomic E-state index is 16.3. The Morgan fingerprint density at radius 3 is 1.95 bits per heavy atom. The highest BCUT2D eigenvalue weighted by Gasteiger charge is 2.88. The van der Waals surface area contributed by atoms with Crippen LogP contribution >= 0.6 is 0 Å². The van der Waals surface area contributed by atoms with Crippen LogP contribution in [0.3, 0.4) is 0 Å². The quantitative estimate of drug-likeness (QED) is 0.147. The molecule has 3 aliphatic rings. The number of hydrogen-bond donors (Lipinski definition) is 0. The molecule has 274 valence electrons. The fourth-order valence-electron chi connectivity index (χ4n) is 8.65. The van der Waals surface area contributed by atoms with E-state index in [1.54, 1.807) is 60.7 Å². The Morgan fingerprint density at radius 2 is 1.36 bits per heavy atom. The van der Waals surface area contributed by atoms with Gasteiger partial charge in [-0.05, 0) is 78.9 Å². The fraction of sp³-hybridized carbons (Fsp3) is 0.175. The minimum Gasteiger partial charge on any atom is -0.493 e. The van der Waals surface area contributed by atoms with Gasteiger partial charge in [0.1, 0.15) is 45.9 Å². The number of ether oxygens (including phenoxy) is 2. The number of amides is 1. The highest BCUT2D eigenvalue weighted by Crippen LogP contribution is 2.69. The summed E-state index contributed by atoms with van der Waals surface area (Å²) < 4.78 is 41.9. The predicted octanol–water partition coefficient (Wildman–Crippen LogP) is 5.71. The first kappa shape index (κ1) is 33.5. The van der Waals surface area contributed by atoms with E-state index in [0.29, 0.717) is 0 Å². The summed E-state index contributed by atoms with van der Waals surface area (Å²) in [6, 6.07) is 12.4. The van der Waals surface area contributed by atoms with E-state index >= 15 is 14.4 Å². The standard InChI is InChI=1S/C40H29N5O10/c46-34(28-12-6-21-51-28)38(24-26-10-5-20-49-26)40(31-25-43-55-44-31,37-41-16-9-17-42-37)39(32-15-2-4-19-54-32,35(47)29-13-7-22-52-29)33(27-11-1-3-18-50-27)45(38)36(48)30-14-8-23-53-30/h1-23,25,27,32-33H,24H2. The number of carbonyl (C=O) groups excluding carboxylic acids is 3. The number of rotatable bonds is 11. The van der Waals surface area contributed by atoms with Crippen LogP contribution in [0.1, 0.15) is 48.9 Å². The number of hydrogen-bond acceptors (Lipinski definition) is 14. The summed E-state index contributed by atoms with van der Waals surface area (Å²) in [5, 5.41) is 8.46. The molecule has 0 radical (unpaired) electrons. The van der Waals surface area contributed by atoms with E-state index in [1.807, 2.05) is 0 Å². The van der Waals surface area contributed by atoms with Crippen molar-refractivity contribution in [3.8, 4) is 0 Å². The van der Waals surface area contributed by atoms with E-state index < -0.39 is 58.5 Å². The molecule has 55 heavy (non-hydrogen) atoms. The van der Waals surface area contributed by atoms with Crippen LogP contribution in [0, 0.1) is 5.41 Å². The zero-order chi connectivity index (χ0) is 37.5. The lowest BCUT2D eigenvalue weighted by Gasteiger charge is -2.51. The van der Waals surface area contributed by atoms with Gasteiger partial charge in [-0.25, -0.2) is 14.6 Å². The lowest BCUT2D eigenvalue weighted by molar-refractivity contribution is -0.0320. The topological polar surface area (TPSA) is 190 Å². The first-order valence-corrected chi connectivity index (χ1v) is 17.1. The first-order valence-electron chi connectivity index (χ1n) is 17.1. The molecule has 0 N–H and O–H groups in total. The van der Waals surface area contributed by atoms with Gasteiger partial charge in [-0.1, -0.05) is 22.5 Å². The SMILES string of the molecule is O=C(c1ccco1)N1C(C2C=CC=CO2)C(C(=O)c2ccco2)(C2C=CC=CO2)C(c2cnon2)(c2ncccn2)C1(Cc1ccco1)C(=O)c1ccco1. The van der Waals surface area contributed by atoms with Crippen molar-refractivity contribution in [3.05, 3.63) is 182 Å². The summed E-state index contributed by atoms with van der Waals surface area (Å²) in [7, 11) is 0. The second kappa shape index (κ2) is 13.3. The highest BCUT2D eigenvalue weighted by atomic mass is 16.6. The largest absolute Gasteiger partial charge is 0.493 e. The molecular formula is C40H29N5O10. The van der Waals surface area contributed by atoms with Gasteiger partial charge in [0, 0.05) is 18.8 Å². The first-order chi connectivity index (χ1) is 27.0. The number of nitrogens with zero attached hydrogens (tertiary/aromatic N) is 5. The highest BCUT2D eigenvalue weighted by molar-refractivity contribution is 6.12. The average molecular weight is 740 g/mol. The molecule has 1 amide bonds. The Morgan fingerprint density at radius 1 is 0.709 bits per heavy atom. The Labute approximate surface area is 311 Å². The normalized spacial score (nSPS) is 26.8. The van der Waals surface area contributed by atoms with Crippen molar-refractivity contribution in [2.75, 3.05) is 0 Å². The second-order valence-electron chi connectivity index (χ2n) is 12.9. The molecule has 6 aromatic rings. The van der Waals surface area contributed by atoms with E-state index in [9.17, 15) is 0 Å². The van der Waals surface area contributed by atoms with Crippen molar-refractivity contribution < 1.29 is 46.2 Å². The van der Waals surface area contributed by atoms with Crippen LogP contribution in [0.25, 0.3) is 0 Å². The number of likely N-dealkylation sites (tertiary alicyclic amines) is 1. The Hall–Kier alpha value is -7.29.